The second kappa shape index (κ2) is 4.02. The van der Waals surface area contributed by atoms with Crippen LogP contribution in [0.15, 0.2) is 24.3 Å². The molecule has 0 atom stereocenters. The number of anilines is 1. The predicted molar refractivity (Wildman–Crippen MR) is 70.4 cm³/mol. The normalized spacial score (nSPS) is 10.6. The van der Waals surface area contributed by atoms with E-state index in [-0.39, 0.29) is 0 Å². The molecule has 2 N–H and O–H groups in total. The van der Waals surface area contributed by atoms with E-state index in [0.717, 1.165) is 15.0 Å². The zero-order valence-electron chi connectivity index (χ0n) is 8.04. The molecule has 0 amide bonds. The molecule has 5 heteroatoms. The van der Waals surface area contributed by atoms with Crippen LogP contribution in [-0.2, 0) is 0 Å². The predicted octanol–water partition coefficient (Wildman–Crippen LogP) is 3.02. The van der Waals surface area contributed by atoms with Gasteiger partial charge in [-0.15, -0.1) is 0 Å². The third-order valence-electron chi connectivity index (χ3n) is 2.04. The first kappa shape index (κ1) is 10.8. The topological polar surface area (TPSA) is 43.8 Å². The van der Waals surface area contributed by atoms with E-state index in [4.69, 9.17) is 17.3 Å². The van der Waals surface area contributed by atoms with Crippen molar-refractivity contribution in [3.63, 3.8) is 0 Å². The highest BCUT2D eigenvalue weighted by atomic mass is 127. The quantitative estimate of drug-likeness (QED) is 0.815. The minimum absolute atomic E-state index is 0.502. The standard InChI is InChI=1S/C10H9ClIN3/c1-6-4-10(13)14-15(6)9-3-2-7(12)5-8(9)11/h2-5H,1H3,(H2,13,14). The van der Waals surface area contributed by atoms with Crippen LogP contribution in [0, 0.1) is 10.5 Å². The number of nitrogens with zero attached hydrogens (tertiary/aromatic N) is 2. The van der Waals surface area contributed by atoms with Crippen molar-refractivity contribution >= 4 is 40.0 Å². The zero-order valence-corrected chi connectivity index (χ0v) is 11.0. The molecule has 0 aliphatic carbocycles. The molecule has 0 saturated carbocycles. The third-order valence-corrected chi connectivity index (χ3v) is 3.02. The van der Waals surface area contributed by atoms with Crippen LogP contribution in [0.1, 0.15) is 5.69 Å². The molecular weight excluding hydrogens is 324 g/mol. The van der Waals surface area contributed by atoms with Gasteiger partial charge in [0, 0.05) is 15.3 Å². The maximum Gasteiger partial charge on any atom is 0.146 e. The smallest absolute Gasteiger partial charge is 0.146 e. The Labute approximate surface area is 106 Å². The molecule has 1 aromatic carbocycles. The molecule has 1 heterocycles. The van der Waals surface area contributed by atoms with E-state index in [1.807, 2.05) is 31.2 Å². The van der Waals surface area contributed by atoms with Crippen molar-refractivity contribution in [2.45, 2.75) is 6.92 Å². The highest BCUT2D eigenvalue weighted by Crippen LogP contribution is 2.24. The van der Waals surface area contributed by atoms with Crippen molar-refractivity contribution < 1.29 is 0 Å². The fourth-order valence-electron chi connectivity index (χ4n) is 1.40. The molecule has 0 aliphatic heterocycles. The third kappa shape index (κ3) is 2.10. The Kier molecular flexibility index (Phi) is 2.88. The van der Waals surface area contributed by atoms with Crippen molar-refractivity contribution in [2.75, 3.05) is 5.73 Å². The summed E-state index contributed by atoms with van der Waals surface area (Å²) in [5, 5.41) is 4.85. The van der Waals surface area contributed by atoms with Crippen molar-refractivity contribution in [2.24, 2.45) is 0 Å². The molecule has 0 fully saturated rings. The van der Waals surface area contributed by atoms with Gasteiger partial charge in [-0.1, -0.05) is 11.6 Å². The van der Waals surface area contributed by atoms with Crippen LogP contribution in [0.2, 0.25) is 5.02 Å². The lowest BCUT2D eigenvalue weighted by atomic mass is 10.3. The Morgan fingerprint density at radius 3 is 2.67 bits per heavy atom. The van der Waals surface area contributed by atoms with E-state index >= 15 is 0 Å². The number of halogens is 2. The summed E-state index contributed by atoms with van der Waals surface area (Å²) >= 11 is 8.36. The number of rotatable bonds is 1. The van der Waals surface area contributed by atoms with Crippen molar-refractivity contribution in [1.82, 2.24) is 9.78 Å². The summed E-state index contributed by atoms with van der Waals surface area (Å²) in [6.45, 7) is 1.94. The lowest BCUT2D eigenvalue weighted by Gasteiger charge is -2.06. The fraction of sp³-hybridized carbons (Fsp3) is 0.100. The van der Waals surface area contributed by atoms with Gasteiger partial charge in [0.05, 0.1) is 10.7 Å². The molecule has 2 aromatic rings. The Morgan fingerprint density at radius 1 is 1.40 bits per heavy atom. The molecular formula is C10H9ClIN3. The van der Waals surface area contributed by atoms with E-state index in [1.165, 1.54) is 0 Å². The Hall–Kier alpha value is -0.750. The summed E-state index contributed by atoms with van der Waals surface area (Å²) in [6, 6.07) is 7.63. The van der Waals surface area contributed by atoms with Crippen molar-refractivity contribution in [3.05, 3.63) is 38.6 Å². The van der Waals surface area contributed by atoms with Crippen LogP contribution in [0.25, 0.3) is 5.69 Å². The Balaban J connectivity index is 2.59. The summed E-state index contributed by atoms with van der Waals surface area (Å²) in [7, 11) is 0. The monoisotopic (exact) mass is 333 g/mol. The number of hydrogen-bond donors (Lipinski definition) is 1. The van der Waals surface area contributed by atoms with E-state index in [1.54, 1.807) is 4.68 Å². The highest BCUT2D eigenvalue weighted by molar-refractivity contribution is 14.1. The molecule has 0 radical (unpaired) electrons. The van der Waals surface area contributed by atoms with Crippen molar-refractivity contribution in [1.29, 1.82) is 0 Å². The summed E-state index contributed by atoms with van der Waals surface area (Å²) in [5.74, 6) is 0.502. The minimum Gasteiger partial charge on any atom is -0.382 e. The van der Waals surface area contributed by atoms with Gasteiger partial charge in [0.2, 0.25) is 0 Å². The van der Waals surface area contributed by atoms with Gasteiger partial charge in [0.1, 0.15) is 5.82 Å². The molecule has 0 bridgehead atoms. The fourth-order valence-corrected chi connectivity index (χ4v) is 2.33. The van der Waals surface area contributed by atoms with E-state index in [9.17, 15) is 0 Å². The molecule has 15 heavy (non-hydrogen) atoms. The maximum atomic E-state index is 6.14. The van der Waals surface area contributed by atoms with Crippen molar-refractivity contribution in [3.8, 4) is 5.69 Å². The van der Waals surface area contributed by atoms with Crippen LogP contribution < -0.4 is 5.73 Å². The summed E-state index contributed by atoms with van der Waals surface area (Å²) in [5.41, 5.74) is 7.44. The van der Waals surface area contributed by atoms with E-state index in [0.29, 0.717) is 10.8 Å². The largest absolute Gasteiger partial charge is 0.382 e. The SMILES string of the molecule is Cc1cc(N)nn1-c1ccc(I)cc1Cl. The first-order chi connectivity index (χ1) is 7.08. The molecule has 0 unspecified atom stereocenters. The second-order valence-corrected chi connectivity index (χ2v) is 4.87. The van der Waals surface area contributed by atoms with Crippen LogP contribution in [0.4, 0.5) is 5.82 Å². The van der Waals surface area contributed by atoms with Gasteiger partial charge in [-0.05, 0) is 47.7 Å². The average Bonchev–Trinajstić information content (AvgIpc) is 2.45. The number of aromatic nitrogens is 2. The summed E-state index contributed by atoms with van der Waals surface area (Å²) in [4.78, 5) is 0. The number of hydrogen-bond acceptors (Lipinski definition) is 2. The van der Waals surface area contributed by atoms with E-state index < -0.39 is 0 Å². The van der Waals surface area contributed by atoms with Crippen LogP contribution in [-0.4, -0.2) is 9.78 Å². The highest BCUT2D eigenvalue weighted by Gasteiger charge is 2.07. The number of nitrogen functional groups attached to an aromatic ring is 1. The Morgan fingerprint density at radius 2 is 2.13 bits per heavy atom. The molecule has 2 rings (SSSR count). The van der Waals surface area contributed by atoms with Gasteiger partial charge in [-0.25, -0.2) is 4.68 Å². The molecule has 3 nitrogen and oxygen atoms in total. The first-order valence-corrected chi connectivity index (χ1v) is 5.81. The van der Waals surface area contributed by atoms with Crippen LogP contribution >= 0.6 is 34.2 Å². The first-order valence-electron chi connectivity index (χ1n) is 4.35. The van der Waals surface area contributed by atoms with Gasteiger partial charge in [-0.2, -0.15) is 5.10 Å². The molecule has 0 spiro atoms. The average molecular weight is 334 g/mol. The lowest BCUT2D eigenvalue weighted by molar-refractivity contribution is 0.851. The zero-order chi connectivity index (χ0) is 11.0. The molecule has 0 saturated heterocycles. The molecule has 1 aromatic heterocycles. The lowest BCUT2D eigenvalue weighted by Crippen LogP contribution is -2.00. The van der Waals surface area contributed by atoms with Gasteiger partial charge < -0.3 is 5.73 Å². The molecule has 0 aliphatic rings. The Bertz CT molecular complexity index is 507. The van der Waals surface area contributed by atoms with Crippen LogP contribution in [0.5, 0.6) is 0 Å². The van der Waals surface area contributed by atoms with Gasteiger partial charge in [0.25, 0.3) is 0 Å². The minimum atomic E-state index is 0.502. The van der Waals surface area contributed by atoms with Gasteiger partial charge >= 0.3 is 0 Å². The number of nitrogens with two attached hydrogens (primary N) is 1. The van der Waals surface area contributed by atoms with Crippen LogP contribution in [0.3, 0.4) is 0 Å². The number of aryl methyl sites for hydroxylation is 1. The second-order valence-electron chi connectivity index (χ2n) is 3.22. The maximum absolute atomic E-state index is 6.14. The summed E-state index contributed by atoms with van der Waals surface area (Å²) < 4.78 is 2.84. The van der Waals surface area contributed by atoms with E-state index in [2.05, 4.69) is 27.7 Å². The molecule has 78 valence electrons. The number of benzene rings is 1. The summed E-state index contributed by atoms with van der Waals surface area (Å²) in [6.07, 6.45) is 0. The van der Waals surface area contributed by atoms with Gasteiger partial charge in [-0.3, -0.25) is 0 Å². The van der Waals surface area contributed by atoms with Gasteiger partial charge in [0.15, 0.2) is 0 Å².